The molecule has 0 spiro atoms. The van der Waals surface area contributed by atoms with Crippen LogP contribution in [0.4, 0.5) is 0 Å². The van der Waals surface area contributed by atoms with Gasteiger partial charge in [-0.25, -0.2) is 0 Å². The van der Waals surface area contributed by atoms with Crippen molar-refractivity contribution in [3.63, 3.8) is 0 Å². The van der Waals surface area contributed by atoms with E-state index < -0.39 is 0 Å². The van der Waals surface area contributed by atoms with Gasteiger partial charge in [0.2, 0.25) is 0 Å². The van der Waals surface area contributed by atoms with Crippen LogP contribution in [0.2, 0.25) is 10.6 Å². The summed E-state index contributed by atoms with van der Waals surface area (Å²) in [6.45, 7) is 0. The molecule has 0 amide bonds. The van der Waals surface area contributed by atoms with Crippen LogP contribution in [0.3, 0.4) is 0 Å². The van der Waals surface area contributed by atoms with Crippen LogP contribution >= 0.6 is 0 Å². The molecule has 0 saturated carbocycles. The van der Waals surface area contributed by atoms with Crippen LogP contribution in [0.5, 0.6) is 0 Å². The van der Waals surface area contributed by atoms with Gasteiger partial charge in [-0.15, -0.1) is 0 Å². The summed E-state index contributed by atoms with van der Waals surface area (Å²) < 4.78 is 0. The van der Waals surface area contributed by atoms with Gasteiger partial charge in [0, 0.05) is 0 Å². The first kappa shape index (κ1) is 14.6. The molecule has 0 atom stereocenters. The predicted molar refractivity (Wildman–Crippen MR) is 75.4 cm³/mol. The summed E-state index contributed by atoms with van der Waals surface area (Å²) >= 11 is 0.983. The summed E-state index contributed by atoms with van der Waals surface area (Å²) in [5.41, 5.74) is 0. The second-order valence-electron chi connectivity index (χ2n) is 5.21. The van der Waals surface area contributed by atoms with Crippen LogP contribution in [0, 0.1) is 0 Å². The third-order valence-electron chi connectivity index (χ3n) is 3.58. The fraction of sp³-hybridized carbons (Fsp3) is 1.00. The molecule has 0 aliphatic carbocycles. The van der Waals surface area contributed by atoms with E-state index >= 15 is 0 Å². The number of rotatable bonds is 0. The first-order chi connectivity index (χ1) is 8.00. The molecule has 1 fully saturated rings. The third kappa shape index (κ3) is 9.72. The van der Waals surface area contributed by atoms with Crippen molar-refractivity contribution in [3.05, 3.63) is 0 Å². The summed E-state index contributed by atoms with van der Waals surface area (Å²) in [7, 11) is 0. The van der Waals surface area contributed by atoms with Gasteiger partial charge in [0.15, 0.2) is 0 Å². The van der Waals surface area contributed by atoms with E-state index in [0.29, 0.717) is 0 Å². The molecule has 0 aromatic carbocycles. The second-order valence-corrected chi connectivity index (χ2v) is 7.78. The van der Waals surface area contributed by atoms with Crippen LogP contribution in [0.1, 0.15) is 83.5 Å². The number of hydrogen-bond donors (Lipinski definition) is 0. The van der Waals surface area contributed by atoms with Crippen molar-refractivity contribution in [2.45, 2.75) is 94.1 Å². The molecule has 0 bridgehead atoms. The molecular formula is C15H30Se. The van der Waals surface area contributed by atoms with Crippen LogP contribution in [-0.2, 0) is 0 Å². The SMILES string of the molecule is C1CCCCCCC[Se]CCCCCCC1. The molecule has 96 valence electrons. The zero-order valence-electron chi connectivity index (χ0n) is 11.0. The van der Waals surface area contributed by atoms with Crippen molar-refractivity contribution >= 4 is 15.0 Å². The van der Waals surface area contributed by atoms with E-state index in [1.54, 1.807) is 10.6 Å². The van der Waals surface area contributed by atoms with Crippen molar-refractivity contribution in [1.29, 1.82) is 0 Å². The van der Waals surface area contributed by atoms with E-state index in [0.717, 1.165) is 15.0 Å². The molecule has 1 rings (SSSR count). The topological polar surface area (TPSA) is 0 Å². The molecule has 0 radical (unpaired) electrons. The van der Waals surface area contributed by atoms with Crippen molar-refractivity contribution < 1.29 is 0 Å². The van der Waals surface area contributed by atoms with E-state index in [1.165, 1.54) is 83.5 Å². The maximum absolute atomic E-state index is 1.56. The molecular weight excluding hydrogens is 259 g/mol. The first-order valence-corrected chi connectivity index (χ1v) is 10.00. The molecule has 0 aromatic heterocycles. The van der Waals surface area contributed by atoms with E-state index in [2.05, 4.69) is 0 Å². The fourth-order valence-corrected chi connectivity index (χ4v) is 4.60. The average Bonchev–Trinajstić information content (AvgIpc) is 2.29. The van der Waals surface area contributed by atoms with Gasteiger partial charge in [0.1, 0.15) is 0 Å². The molecule has 0 aromatic rings. The van der Waals surface area contributed by atoms with Crippen molar-refractivity contribution in [2.75, 3.05) is 0 Å². The summed E-state index contributed by atoms with van der Waals surface area (Å²) in [4.78, 5) is 0. The van der Waals surface area contributed by atoms with Gasteiger partial charge in [-0.3, -0.25) is 0 Å². The third-order valence-corrected chi connectivity index (χ3v) is 6.00. The van der Waals surface area contributed by atoms with E-state index in [-0.39, 0.29) is 0 Å². The monoisotopic (exact) mass is 290 g/mol. The standard InChI is InChI=1S/C15H30Se/c1-2-4-6-8-10-12-14-16-15-13-11-9-7-5-3-1/h1-15H2. The predicted octanol–water partition coefficient (Wildman–Crippen LogP) is 5.61. The number of hydrogen-bond acceptors (Lipinski definition) is 0. The first-order valence-electron chi connectivity index (χ1n) is 7.58. The van der Waals surface area contributed by atoms with Gasteiger partial charge in [-0.1, -0.05) is 0 Å². The van der Waals surface area contributed by atoms with Gasteiger partial charge < -0.3 is 0 Å². The van der Waals surface area contributed by atoms with E-state index in [1.807, 2.05) is 0 Å². The molecule has 0 N–H and O–H groups in total. The minimum absolute atomic E-state index is 0.983. The Balaban J connectivity index is 2.00. The Morgan fingerprint density at radius 3 is 0.875 bits per heavy atom. The molecule has 0 unspecified atom stereocenters. The van der Waals surface area contributed by atoms with Crippen molar-refractivity contribution in [1.82, 2.24) is 0 Å². The summed E-state index contributed by atoms with van der Waals surface area (Å²) in [6, 6.07) is 0. The van der Waals surface area contributed by atoms with Gasteiger partial charge in [-0.05, 0) is 0 Å². The molecule has 16 heavy (non-hydrogen) atoms. The summed E-state index contributed by atoms with van der Waals surface area (Å²) in [6.07, 6.45) is 19.6. The Morgan fingerprint density at radius 1 is 0.312 bits per heavy atom. The molecule has 1 saturated heterocycles. The zero-order valence-corrected chi connectivity index (χ0v) is 12.7. The van der Waals surface area contributed by atoms with Crippen LogP contribution in [0.25, 0.3) is 0 Å². The molecule has 1 aliphatic rings. The minimum atomic E-state index is 0.983. The van der Waals surface area contributed by atoms with Crippen LogP contribution in [-0.4, -0.2) is 15.0 Å². The van der Waals surface area contributed by atoms with Gasteiger partial charge in [0.25, 0.3) is 0 Å². The van der Waals surface area contributed by atoms with Crippen molar-refractivity contribution in [2.24, 2.45) is 0 Å². The van der Waals surface area contributed by atoms with Crippen LogP contribution in [0.15, 0.2) is 0 Å². The molecule has 1 heterocycles. The molecule has 0 nitrogen and oxygen atoms in total. The quantitative estimate of drug-likeness (QED) is 0.508. The van der Waals surface area contributed by atoms with Crippen LogP contribution < -0.4 is 0 Å². The fourth-order valence-electron chi connectivity index (χ4n) is 2.45. The van der Waals surface area contributed by atoms with Gasteiger partial charge in [0.05, 0.1) is 0 Å². The van der Waals surface area contributed by atoms with Crippen molar-refractivity contribution in [3.8, 4) is 0 Å². The Morgan fingerprint density at radius 2 is 0.562 bits per heavy atom. The van der Waals surface area contributed by atoms with Gasteiger partial charge >= 0.3 is 109 Å². The summed E-state index contributed by atoms with van der Waals surface area (Å²) in [5, 5.41) is 3.12. The molecule has 1 aliphatic heterocycles. The Labute approximate surface area is 109 Å². The Kier molecular flexibility index (Phi) is 10.9. The second kappa shape index (κ2) is 12.0. The average molecular weight is 289 g/mol. The van der Waals surface area contributed by atoms with Gasteiger partial charge in [-0.2, -0.15) is 0 Å². The maximum atomic E-state index is 1.56. The zero-order chi connectivity index (χ0) is 11.3. The Hall–Kier alpha value is 0.519. The van der Waals surface area contributed by atoms with E-state index in [4.69, 9.17) is 0 Å². The van der Waals surface area contributed by atoms with E-state index in [9.17, 15) is 0 Å². The summed E-state index contributed by atoms with van der Waals surface area (Å²) in [5.74, 6) is 0. The molecule has 1 heteroatoms. The normalized spacial score (nSPS) is 24.0. The Bertz CT molecular complexity index is 69.4.